The van der Waals surface area contributed by atoms with Gasteiger partial charge in [0.2, 0.25) is 0 Å². The fraction of sp³-hybridized carbons (Fsp3) is 0.500. The normalized spacial score (nSPS) is 23.9. The first kappa shape index (κ1) is 15.0. The second-order valence-corrected chi connectivity index (χ2v) is 5.37. The lowest BCUT2D eigenvalue weighted by atomic mass is 10.0. The maximum Gasteiger partial charge on any atom is 0.346 e. The van der Waals surface area contributed by atoms with Gasteiger partial charge in [0.15, 0.2) is 0 Å². The van der Waals surface area contributed by atoms with Crippen LogP contribution in [-0.2, 0) is 4.74 Å². The number of hydroxylamine groups is 2. The van der Waals surface area contributed by atoms with Crippen LogP contribution in [0.25, 0.3) is 0 Å². The van der Waals surface area contributed by atoms with Crippen molar-refractivity contribution in [3.63, 3.8) is 0 Å². The number of halogens is 2. The zero-order chi connectivity index (χ0) is 15.9. The van der Waals surface area contributed by atoms with E-state index in [2.05, 4.69) is 4.99 Å². The SMILES string of the molecule is CCCN1C=C(C)C(OC(F)F)C2=C1N1CN(O)C=C1C=N2. The van der Waals surface area contributed by atoms with E-state index in [1.54, 1.807) is 19.3 Å². The molecule has 120 valence electrons. The summed E-state index contributed by atoms with van der Waals surface area (Å²) >= 11 is 0. The number of hydrogen-bond donors (Lipinski definition) is 1. The molecule has 0 bridgehead atoms. The Morgan fingerprint density at radius 3 is 2.91 bits per heavy atom. The van der Waals surface area contributed by atoms with E-state index in [0.717, 1.165) is 18.0 Å². The lowest BCUT2D eigenvalue weighted by molar-refractivity contribution is -0.145. The van der Waals surface area contributed by atoms with Crippen LogP contribution in [-0.4, -0.2) is 52.2 Å². The molecule has 3 aliphatic rings. The Hall–Kier alpha value is -1.93. The Bertz CT molecular complexity index is 585. The van der Waals surface area contributed by atoms with Crippen LogP contribution in [0.15, 0.2) is 40.2 Å². The summed E-state index contributed by atoms with van der Waals surface area (Å²) in [5.41, 5.74) is 1.84. The van der Waals surface area contributed by atoms with Crippen molar-refractivity contribution in [3.8, 4) is 0 Å². The highest BCUT2D eigenvalue weighted by atomic mass is 19.3. The smallest absolute Gasteiger partial charge is 0.333 e. The van der Waals surface area contributed by atoms with Crippen LogP contribution >= 0.6 is 0 Å². The van der Waals surface area contributed by atoms with E-state index >= 15 is 0 Å². The molecule has 0 fully saturated rings. The zero-order valence-electron chi connectivity index (χ0n) is 12.4. The average molecular weight is 312 g/mol. The number of aliphatic imine (C=N–C) groups is 1. The summed E-state index contributed by atoms with van der Waals surface area (Å²) in [6.45, 7) is 1.87. The molecule has 0 aromatic rings. The Balaban J connectivity index is 2.01. The van der Waals surface area contributed by atoms with Gasteiger partial charge in [-0.1, -0.05) is 6.92 Å². The van der Waals surface area contributed by atoms with Gasteiger partial charge in [-0.2, -0.15) is 8.78 Å². The summed E-state index contributed by atoms with van der Waals surface area (Å²) in [6, 6.07) is 0. The quantitative estimate of drug-likeness (QED) is 0.863. The lowest BCUT2D eigenvalue weighted by Gasteiger charge is -2.40. The summed E-state index contributed by atoms with van der Waals surface area (Å²) in [7, 11) is 0. The summed E-state index contributed by atoms with van der Waals surface area (Å²) in [5, 5.41) is 10.7. The Kier molecular flexibility index (Phi) is 3.88. The first-order valence-corrected chi connectivity index (χ1v) is 7.13. The minimum absolute atomic E-state index is 0.231. The van der Waals surface area contributed by atoms with Gasteiger partial charge in [0, 0.05) is 12.7 Å². The van der Waals surface area contributed by atoms with Crippen molar-refractivity contribution in [2.24, 2.45) is 4.99 Å². The summed E-state index contributed by atoms with van der Waals surface area (Å²) in [5.74, 6) is 0.684. The Morgan fingerprint density at radius 1 is 1.45 bits per heavy atom. The molecule has 3 aliphatic heterocycles. The molecule has 0 radical (unpaired) electrons. The molecule has 1 N–H and O–H groups in total. The van der Waals surface area contributed by atoms with E-state index in [1.807, 2.05) is 22.9 Å². The van der Waals surface area contributed by atoms with Crippen LogP contribution in [0.1, 0.15) is 20.3 Å². The first-order chi connectivity index (χ1) is 10.5. The van der Waals surface area contributed by atoms with E-state index < -0.39 is 12.7 Å². The Morgan fingerprint density at radius 2 is 2.23 bits per heavy atom. The second kappa shape index (κ2) is 5.69. The van der Waals surface area contributed by atoms with Crippen LogP contribution in [0.4, 0.5) is 8.78 Å². The molecule has 0 spiro atoms. The zero-order valence-corrected chi connectivity index (χ0v) is 12.4. The fourth-order valence-electron chi connectivity index (χ4n) is 2.88. The maximum atomic E-state index is 12.7. The fourth-order valence-corrected chi connectivity index (χ4v) is 2.88. The maximum absolute atomic E-state index is 12.7. The number of rotatable bonds is 4. The van der Waals surface area contributed by atoms with Crippen molar-refractivity contribution in [1.82, 2.24) is 14.9 Å². The molecule has 0 aromatic heterocycles. The van der Waals surface area contributed by atoms with Gasteiger partial charge in [-0.3, -0.25) is 10.2 Å². The van der Waals surface area contributed by atoms with E-state index in [9.17, 15) is 14.0 Å². The van der Waals surface area contributed by atoms with Gasteiger partial charge in [0.1, 0.15) is 24.3 Å². The highest BCUT2D eigenvalue weighted by Crippen LogP contribution is 2.37. The van der Waals surface area contributed by atoms with Crippen molar-refractivity contribution in [2.75, 3.05) is 13.2 Å². The van der Waals surface area contributed by atoms with E-state index in [-0.39, 0.29) is 6.67 Å². The highest BCUT2D eigenvalue weighted by Gasteiger charge is 2.38. The summed E-state index contributed by atoms with van der Waals surface area (Å²) < 4.78 is 30.2. The lowest BCUT2D eigenvalue weighted by Crippen LogP contribution is -2.42. The van der Waals surface area contributed by atoms with Gasteiger partial charge in [-0.15, -0.1) is 0 Å². The third-order valence-corrected chi connectivity index (χ3v) is 3.70. The predicted octanol–water partition coefficient (Wildman–Crippen LogP) is 2.28. The van der Waals surface area contributed by atoms with E-state index in [0.29, 0.717) is 22.8 Å². The number of hydrogen-bond acceptors (Lipinski definition) is 6. The van der Waals surface area contributed by atoms with Crippen molar-refractivity contribution >= 4 is 6.21 Å². The molecule has 0 amide bonds. The number of allylic oxidation sites excluding steroid dienone is 1. The molecule has 0 aliphatic carbocycles. The van der Waals surface area contributed by atoms with Crippen molar-refractivity contribution in [2.45, 2.75) is 33.0 Å². The molecule has 3 heterocycles. The van der Waals surface area contributed by atoms with Gasteiger partial charge in [-0.25, -0.2) is 5.06 Å². The largest absolute Gasteiger partial charge is 0.346 e. The van der Waals surface area contributed by atoms with Crippen LogP contribution in [0.3, 0.4) is 0 Å². The number of alkyl halides is 2. The second-order valence-electron chi connectivity index (χ2n) is 5.37. The van der Waals surface area contributed by atoms with E-state index in [1.165, 1.54) is 0 Å². The topological polar surface area (TPSA) is 51.5 Å². The van der Waals surface area contributed by atoms with Crippen molar-refractivity contribution < 1.29 is 18.7 Å². The van der Waals surface area contributed by atoms with Crippen LogP contribution in [0.2, 0.25) is 0 Å². The highest BCUT2D eigenvalue weighted by molar-refractivity contribution is 5.81. The van der Waals surface area contributed by atoms with Crippen molar-refractivity contribution in [1.29, 1.82) is 0 Å². The molecule has 1 unspecified atom stereocenters. The van der Waals surface area contributed by atoms with Gasteiger partial charge in [0.05, 0.1) is 18.1 Å². The minimum Gasteiger partial charge on any atom is -0.333 e. The predicted molar refractivity (Wildman–Crippen MR) is 75.6 cm³/mol. The minimum atomic E-state index is -2.88. The van der Waals surface area contributed by atoms with Gasteiger partial charge < -0.3 is 14.5 Å². The summed E-state index contributed by atoms with van der Waals surface area (Å²) in [6.07, 6.45) is 4.92. The molecule has 0 saturated carbocycles. The molecule has 8 heteroatoms. The monoisotopic (exact) mass is 312 g/mol. The molecule has 0 saturated heterocycles. The van der Waals surface area contributed by atoms with E-state index in [4.69, 9.17) is 4.74 Å². The molecule has 0 aromatic carbocycles. The molecular weight excluding hydrogens is 294 g/mol. The van der Waals surface area contributed by atoms with Crippen LogP contribution < -0.4 is 0 Å². The molecule has 3 rings (SSSR count). The molecule has 1 atom stereocenters. The third-order valence-electron chi connectivity index (χ3n) is 3.70. The molecule has 6 nitrogen and oxygen atoms in total. The number of fused-ring (bicyclic) bond motifs is 2. The van der Waals surface area contributed by atoms with Crippen LogP contribution in [0.5, 0.6) is 0 Å². The van der Waals surface area contributed by atoms with Crippen molar-refractivity contribution in [3.05, 3.63) is 35.2 Å². The molecule has 22 heavy (non-hydrogen) atoms. The van der Waals surface area contributed by atoms with Crippen LogP contribution in [0, 0.1) is 0 Å². The summed E-state index contributed by atoms with van der Waals surface area (Å²) in [4.78, 5) is 8.12. The van der Waals surface area contributed by atoms with Gasteiger partial charge >= 0.3 is 6.61 Å². The third kappa shape index (κ3) is 2.48. The molecular formula is C14H18F2N4O2. The average Bonchev–Trinajstić information content (AvgIpc) is 2.82. The number of nitrogens with zero attached hydrogens (tertiary/aromatic N) is 4. The van der Waals surface area contributed by atoms with Gasteiger partial charge in [-0.05, 0) is 18.9 Å². The van der Waals surface area contributed by atoms with Gasteiger partial charge in [0.25, 0.3) is 0 Å². The first-order valence-electron chi connectivity index (χ1n) is 7.13. The number of ether oxygens (including phenoxy) is 1. The Labute approximate surface area is 127 Å². The standard InChI is InChI=1S/C14H18F2N4O2/c1-3-4-18-6-9(2)12(22-14(15)16)11-13(18)20-8-19(21)7-10(20)5-17-11/h5-7,12,14,21H,3-4,8H2,1-2H3.